The van der Waals surface area contributed by atoms with Crippen molar-refractivity contribution in [2.75, 3.05) is 6.54 Å². The molecule has 2 rings (SSSR count). The number of benzene rings is 2. The van der Waals surface area contributed by atoms with E-state index < -0.39 is 194 Å². The van der Waals surface area contributed by atoms with Crippen LogP contribution < -0.4 is 65.1 Å². The SMILES string of the molecule is CC(C)C[C@H](NC(=O)[C@H](Cc1ccc(O)cc1)NC(=O)[C@H](CCCCN)NC(=O)[C@H](CCC(=O)O)NC(=O)[C@H](CCC(N)=O)NC(=O)[C@@H](NC(=O)[C@H](CC(C)C)NC(=O)[C@@H](N)CC(=O)O)C(C)C)C(=O)N[C@@H](CCC(=O)O)C(=O)N[C@@H](Cc1ccc(O)cc1)C(=O)O. The first-order chi connectivity index (χ1) is 43.1. The van der Waals surface area contributed by atoms with Gasteiger partial charge in [0.25, 0.3) is 0 Å². The largest absolute Gasteiger partial charge is 0.508 e. The Bertz CT molecular complexity index is 2870. The van der Waals surface area contributed by atoms with Gasteiger partial charge in [-0.2, -0.15) is 0 Å². The van der Waals surface area contributed by atoms with Gasteiger partial charge in [-0.05, 0) is 111 Å². The third-order valence-corrected chi connectivity index (χ3v) is 14.1. The highest BCUT2D eigenvalue weighted by Gasteiger charge is 2.37. The topological polar surface area (TPSA) is 547 Å². The molecule has 0 saturated heterocycles. The Kier molecular flexibility index (Phi) is 33.9. The summed E-state index contributed by atoms with van der Waals surface area (Å²) in [7, 11) is 0. The van der Waals surface area contributed by atoms with Gasteiger partial charge in [0.1, 0.15) is 65.9 Å². The molecule has 92 heavy (non-hydrogen) atoms. The van der Waals surface area contributed by atoms with Crippen LogP contribution in [0.15, 0.2) is 48.5 Å². The van der Waals surface area contributed by atoms with Gasteiger partial charge in [0.05, 0.1) is 12.5 Å². The molecule has 0 unspecified atom stereocenters. The number of primary amides is 1. The van der Waals surface area contributed by atoms with E-state index in [1.165, 1.54) is 62.4 Å². The van der Waals surface area contributed by atoms with Crippen molar-refractivity contribution >= 4 is 82.9 Å². The quantitative estimate of drug-likeness (QED) is 0.0320. The zero-order valence-corrected chi connectivity index (χ0v) is 52.4. The average molecular weight is 1300 g/mol. The number of aromatic hydroxyl groups is 2. The molecule has 510 valence electrons. The Morgan fingerprint density at radius 1 is 0.402 bits per heavy atom. The van der Waals surface area contributed by atoms with Crippen molar-refractivity contribution in [3.05, 3.63) is 59.7 Å². The van der Waals surface area contributed by atoms with Gasteiger partial charge in [-0.15, -0.1) is 0 Å². The lowest BCUT2D eigenvalue weighted by Gasteiger charge is -2.29. The average Bonchev–Trinajstić information content (AvgIpc) is 1.14. The van der Waals surface area contributed by atoms with Crippen LogP contribution in [0.2, 0.25) is 0 Å². The Morgan fingerprint density at radius 2 is 0.739 bits per heavy atom. The maximum absolute atomic E-state index is 14.6. The Balaban J connectivity index is 2.57. The second kappa shape index (κ2) is 39.6. The van der Waals surface area contributed by atoms with E-state index >= 15 is 0 Å². The molecule has 0 fully saturated rings. The van der Waals surface area contributed by atoms with Crippen molar-refractivity contribution in [2.45, 2.75) is 192 Å². The zero-order valence-electron chi connectivity index (χ0n) is 52.4. The predicted octanol–water partition coefficient (Wildman–Crippen LogP) is -1.99. The van der Waals surface area contributed by atoms with Gasteiger partial charge in [0, 0.05) is 32.1 Å². The number of nitrogens with two attached hydrogens (primary N) is 3. The number of unbranched alkanes of at least 4 members (excludes halogenated alkanes) is 1. The molecule has 0 aliphatic carbocycles. The molecule has 32 heteroatoms. The highest BCUT2D eigenvalue weighted by molar-refractivity contribution is 5.99. The minimum atomic E-state index is -1.80. The maximum Gasteiger partial charge on any atom is 0.326 e. The number of carboxylic acids is 4. The minimum Gasteiger partial charge on any atom is -0.508 e. The molecule has 0 aliphatic heterocycles. The molecule has 2 aromatic rings. The molecular weight excluding hydrogens is 1210 g/mol. The standard InChI is InChI=1S/C60H90N12O20/c1-30(2)25-42(56(87)66-41(20-23-48(78)79)55(86)71-45(60(91)92)28-34-12-16-36(74)17-13-34)69-57(88)44(27-33-10-14-35(73)15-11-33)70-52(83)38(9-7-8-24-61)64-54(85)40(19-22-47(76)77)65-53(84)39(18-21-46(63)75)67-59(90)50(32(5)6)72-58(89)43(26-31(3)4)68-51(82)37(62)29-49(80)81/h10-17,30-32,37-45,50,73-74H,7-9,18-29,61-62H2,1-6H3,(H2,63,75)(H,64,85)(H,65,84)(H,66,87)(H,67,90)(H,68,82)(H,69,88)(H,70,83)(H,71,86)(H,72,89)(H,76,77)(H,78,79)(H,80,81)(H,91,92)/t37-,38-,39-,40-,41-,42-,43-,44-,45-,50-/m0/s1. The second-order valence-electron chi connectivity index (χ2n) is 23.4. The highest BCUT2D eigenvalue weighted by atomic mass is 16.4. The number of carbonyl (C=O) groups is 14. The normalized spacial score (nSPS) is 14.4. The number of rotatable bonds is 43. The first-order valence-corrected chi connectivity index (χ1v) is 30.0. The molecule has 0 radical (unpaired) electrons. The number of hydrogen-bond donors (Lipinski definition) is 18. The first kappa shape index (κ1) is 78.6. The third kappa shape index (κ3) is 29.9. The molecule has 10 amide bonds. The summed E-state index contributed by atoms with van der Waals surface area (Å²) in [6.45, 7) is 9.97. The molecule has 2 aromatic carbocycles. The number of phenols is 2. The summed E-state index contributed by atoms with van der Waals surface area (Å²) >= 11 is 0. The molecule has 0 heterocycles. The monoisotopic (exact) mass is 1300 g/mol. The lowest BCUT2D eigenvalue weighted by molar-refractivity contribution is -0.143. The highest BCUT2D eigenvalue weighted by Crippen LogP contribution is 2.17. The lowest BCUT2D eigenvalue weighted by atomic mass is 9.99. The molecule has 0 aromatic heterocycles. The van der Waals surface area contributed by atoms with Crippen molar-refractivity contribution in [1.82, 2.24) is 47.9 Å². The fraction of sp³-hybridized carbons (Fsp3) is 0.567. The first-order valence-electron chi connectivity index (χ1n) is 30.0. The fourth-order valence-electron chi connectivity index (χ4n) is 9.18. The molecule has 0 saturated carbocycles. The second-order valence-corrected chi connectivity index (χ2v) is 23.4. The van der Waals surface area contributed by atoms with Crippen LogP contribution in [-0.2, 0) is 80.0 Å². The van der Waals surface area contributed by atoms with E-state index in [1.807, 2.05) is 0 Å². The Hall–Kier alpha value is -9.46. The smallest absolute Gasteiger partial charge is 0.326 e. The molecule has 21 N–H and O–H groups in total. The summed E-state index contributed by atoms with van der Waals surface area (Å²) < 4.78 is 0. The number of amides is 10. The Labute approximate surface area is 531 Å². The summed E-state index contributed by atoms with van der Waals surface area (Å²) in [5.74, 6) is -17.5. The van der Waals surface area contributed by atoms with E-state index in [9.17, 15) is 92.7 Å². The molecule has 0 bridgehead atoms. The van der Waals surface area contributed by atoms with Gasteiger partial charge in [0.2, 0.25) is 59.1 Å². The molecule has 0 aliphatic rings. The van der Waals surface area contributed by atoms with Crippen LogP contribution in [0.4, 0.5) is 0 Å². The van der Waals surface area contributed by atoms with E-state index in [1.54, 1.807) is 27.7 Å². The Morgan fingerprint density at radius 3 is 1.12 bits per heavy atom. The number of nitrogens with one attached hydrogen (secondary N) is 9. The van der Waals surface area contributed by atoms with Crippen molar-refractivity contribution in [3.8, 4) is 11.5 Å². The van der Waals surface area contributed by atoms with Crippen LogP contribution in [0.1, 0.15) is 130 Å². The van der Waals surface area contributed by atoms with E-state index in [0.29, 0.717) is 11.1 Å². The van der Waals surface area contributed by atoms with Gasteiger partial charge in [-0.1, -0.05) is 65.8 Å². The van der Waals surface area contributed by atoms with Crippen molar-refractivity contribution in [2.24, 2.45) is 35.0 Å². The van der Waals surface area contributed by atoms with Crippen molar-refractivity contribution in [3.63, 3.8) is 0 Å². The summed E-state index contributed by atoms with van der Waals surface area (Å²) in [5, 5.41) is 80.3. The van der Waals surface area contributed by atoms with Crippen LogP contribution in [0.3, 0.4) is 0 Å². The van der Waals surface area contributed by atoms with Gasteiger partial charge in [0.15, 0.2) is 0 Å². The number of carboxylic acid groups (broad SMARTS) is 4. The van der Waals surface area contributed by atoms with E-state index in [-0.39, 0.29) is 74.8 Å². The van der Waals surface area contributed by atoms with Crippen LogP contribution in [0.5, 0.6) is 11.5 Å². The third-order valence-electron chi connectivity index (χ3n) is 14.1. The minimum absolute atomic E-state index is 0.00886. The summed E-state index contributed by atoms with van der Waals surface area (Å²) in [6, 6.07) is -4.96. The molecule has 32 nitrogen and oxygen atoms in total. The van der Waals surface area contributed by atoms with Crippen molar-refractivity contribution in [1.29, 1.82) is 0 Å². The van der Waals surface area contributed by atoms with Gasteiger partial charge in [-0.3, -0.25) is 62.3 Å². The van der Waals surface area contributed by atoms with Crippen LogP contribution in [-0.4, -0.2) is 181 Å². The number of aliphatic carboxylic acids is 4. The predicted molar refractivity (Wildman–Crippen MR) is 328 cm³/mol. The van der Waals surface area contributed by atoms with Gasteiger partial charge in [-0.25, -0.2) is 4.79 Å². The number of carbonyl (C=O) groups excluding carboxylic acids is 10. The number of hydrogen-bond acceptors (Lipinski definition) is 18. The van der Waals surface area contributed by atoms with Gasteiger partial charge >= 0.3 is 23.9 Å². The lowest BCUT2D eigenvalue weighted by Crippen LogP contribution is -2.61. The number of phenolic OH excluding ortho intramolecular Hbond substituents is 2. The molecule has 0 spiro atoms. The zero-order chi connectivity index (χ0) is 69.5. The molecular formula is C60H90N12O20. The summed E-state index contributed by atoms with van der Waals surface area (Å²) in [5.41, 5.74) is 17.7. The summed E-state index contributed by atoms with van der Waals surface area (Å²) in [4.78, 5) is 186. The van der Waals surface area contributed by atoms with Crippen molar-refractivity contribution < 1.29 is 97.8 Å². The van der Waals surface area contributed by atoms with Crippen LogP contribution in [0, 0.1) is 17.8 Å². The van der Waals surface area contributed by atoms with E-state index in [4.69, 9.17) is 22.3 Å². The van der Waals surface area contributed by atoms with Crippen LogP contribution >= 0.6 is 0 Å². The van der Waals surface area contributed by atoms with Crippen LogP contribution in [0.25, 0.3) is 0 Å². The van der Waals surface area contributed by atoms with E-state index in [0.717, 1.165) is 0 Å². The van der Waals surface area contributed by atoms with Gasteiger partial charge < -0.3 is 95.7 Å². The molecule has 10 atom stereocenters. The fourth-order valence-corrected chi connectivity index (χ4v) is 9.18. The maximum atomic E-state index is 14.6. The summed E-state index contributed by atoms with van der Waals surface area (Å²) in [6.07, 6.45) is -4.86. The van der Waals surface area contributed by atoms with E-state index in [2.05, 4.69) is 47.9 Å².